The molecule has 0 fully saturated rings. The van der Waals surface area contributed by atoms with E-state index in [-0.39, 0.29) is 5.52 Å². The summed E-state index contributed by atoms with van der Waals surface area (Å²) in [5, 5.41) is 4.20. The molecule has 1 unspecified atom stereocenters. The van der Waals surface area contributed by atoms with Gasteiger partial charge in [0.25, 0.3) is 0 Å². The first-order chi connectivity index (χ1) is 13.8. The van der Waals surface area contributed by atoms with Gasteiger partial charge in [0.05, 0.1) is 5.52 Å². The zero-order valence-electron chi connectivity index (χ0n) is 17.1. The van der Waals surface area contributed by atoms with Gasteiger partial charge in [-0.3, -0.25) is 0 Å². The van der Waals surface area contributed by atoms with Crippen LogP contribution in [0, 0.1) is 5.92 Å². The largest absolute Gasteiger partial charge is 0.433 e. The van der Waals surface area contributed by atoms with Gasteiger partial charge in [0.15, 0.2) is 0 Å². The molecule has 1 N–H and O–H groups in total. The third-order valence-corrected chi connectivity index (χ3v) is 4.26. The molecule has 1 aliphatic rings. The summed E-state index contributed by atoms with van der Waals surface area (Å²) in [6, 6.07) is 5.74. The molecule has 1 aliphatic carbocycles. The Balaban J connectivity index is 0.00000120. The van der Waals surface area contributed by atoms with Gasteiger partial charge in [0.1, 0.15) is 5.69 Å². The van der Waals surface area contributed by atoms with Crippen LogP contribution in [-0.4, -0.2) is 17.1 Å². The van der Waals surface area contributed by atoms with E-state index < -0.39 is 11.9 Å². The highest BCUT2D eigenvalue weighted by molar-refractivity contribution is 7.79. The summed E-state index contributed by atoms with van der Waals surface area (Å²) in [6.45, 7) is 6.16. The van der Waals surface area contributed by atoms with Crippen molar-refractivity contribution in [1.29, 1.82) is 0 Å². The van der Waals surface area contributed by atoms with Gasteiger partial charge in [0.2, 0.25) is 0 Å². The second kappa shape index (κ2) is 13.8. The van der Waals surface area contributed by atoms with Crippen LogP contribution in [-0.2, 0) is 6.18 Å². The number of allylic oxidation sites excluding steroid dienone is 2. The van der Waals surface area contributed by atoms with E-state index in [2.05, 4.69) is 54.0 Å². The summed E-state index contributed by atoms with van der Waals surface area (Å²) in [4.78, 5) is 3.71. The fourth-order valence-corrected chi connectivity index (χ4v) is 2.87. The molecule has 0 aliphatic heterocycles. The molecule has 2 nitrogen and oxygen atoms in total. The number of thiol groups is 1. The minimum Gasteiger partial charge on any atom is -0.359 e. The average Bonchev–Trinajstić information content (AvgIpc) is 2.73. The van der Waals surface area contributed by atoms with Gasteiger partial charge in [0, 0.05) is 21.8 Å². The highest BCUT2D eigenvalue weighted by Crippen LogP contribution is 2.35. The van der Waals surface area contributed by atoms with E-state index in [0.717, 1.165) is 31.0 Å². The summed E-state index contributed by atoms with van der Waals surface area (Å²) < 4.78 is 39.2. The number of hydrogen-bond donors (Lipinski definition) is 2. The first-order valence-electron chi connectivity index (χ1n) is 9.20. The van der Waals surface area contributed by atoms with Crippen molar-refractivity contribution in [2.24, 2.45) is 5.92 Å². The Kier molecular flexibility index (Phi) is 13.2. The summed E-state index contributed by atoms with van der Waals surface area (Å²) in [5.41, 5.74) is 0.713. The van der Waals surface area contributed by atoms with Gasteiger partial charge >= 0.3 is 6.18 Å². The Morgan fingerprint density at radius 2 is 1.83 bits per heavy atom. The van der Waals surface area contributed by atoms with E-state index in [4.69, 9.17) is 11.6 Å². The lowest BCUT2D eigenvalue weighted by atomic mass is 9.94. The van der Waals surface area contributed by atoms with Crippen LogP contribution in [0.3, 0.4) is 0 Å². The number of fused-ring (bicyclic) bond motifs is 1. The second-order valence-corrected chi connectivity index (χ2v) is 6.38. The Morgan fingerprint density at radius 3 is 2.34 bits per heavy atom. The second-order valence-electron chi connectivity index (χ2n) is 5.95. The van der Waals surface area contributed by atoms with Crippen LogP contribution in [0.4, 0.5) is 18.9 Å². The van der Waals surface area contributed by atoms with Crippen molar-refractivity contribution in [2.75, 3.05) is 11.6 Å². The molecule has 0 radical (unpaired) electrons. The van der Waals surface area contributed by atoms with Crippen LogP contribution in [0.25, 0.3) is 10.9 Å². The van der Waals surface area contributed by atoms with Crippen molar-refractivity contribution >= 4 is 58.9 Å². The monoisotopic (exact) mass is 464 g/mol. The van der Waals surface area contributed by atoms with Crippen molar-refractivity contribution < 1.29 is 13.2 Å². The molecule has 0 amide bonds. The third kappa shape index (κ3) is 8.52. The van der Waals surface area contributed by atoms with E-state index in [9.17, 15) is 13.2 Å². The zero-order valence-corrected chi connectivity index (χ0v) is 19.6. The predicted molar refractivity (Wildman–Crippen MR) is 127 cm³/mol. The first-order valence-corrected chi connectivity index (χ1v) is 11.0. The standard InChI is InChI=1S/C17H16ClF3N2.C2H6.CH4S.CH2S/c1-10-2-5-12(6-3-10)22-15-9-16(17(19,20)21)23-14-7-4-11(18)8-13(14)15;3*1-2/h4-5,7-10H,2-3,6H2,1H3,(H,22,23);1-2H3;2H,1H3;1H2. The molecule has 1 atom stereocenters. The number of nitrogens with zero attached hydrogens (tertiary/aromatic N) is 1. The van der Waals surface area contributed by atoms with Crippen LogP contribution in [0.5, 0.6) is 0 Å². The molecule has 0 saturated heterocycles. The Hall–Kier alpha value is -1.31. The van der Waals surface area contributed by atoms with Gasteiger partial charge in [-0.15, -0.1) is 0 Å². The van der Waals surface area contributed by atoms with Crippen LogP contribution >= 0.6 is 36.4 Å². The number of pyridine rings is 1. The molecule has 2 aromatic rings. The number of aromatic nitrogens is 1. The average molecular weight is 465 g/mol. The molecular formula is C21H28ClF3N2S2. The molecule has 1 aromatic carbocycles. The highest BCUT2D eigenvalue weighted by Gasteiger charge is 2.33. The fraction of sp³-hybridized carbons (Fsp3) is 0.429. The Morgan fingerprint density at radius 1 is 1.21 bits per heavy atom. The maximum Gasteiger partial charge on any atom is 0.433 e. The van der Waals surface area contributed by atoms with Gasteiger partial charge < -0.3 is 5.32 Å². The van der Waals surface area contributed by atoms with Crippen molar-refractivity contribution in [3.63, 3.8) is 0 Å². The molecule has 3 rings (SSSR count). The quantitative estimate of drug-likeness (QED) is 0.346. The van der Waals surface area contributed by atoms with Crippen LogP contribution < -0.4 is 5.32 Å². The van der Waals surface area contributed by atoms with E-state index in [0.29, 0.717) is 22.0 Å². The van der Waals surface area contributed by atoms with Crippen LogP contribution in [0.2, 0.25) is 5.02 Å². The number of alkyl halides is 3. The number of nitrogens with one attached hydrogen (secondary N) is 1. The number of halogens is 4. The van der Waals surface area contributed by atoms with Crippen molar-refractivity contribution in [3.8, 4) is 0 Å². The van der Waals surface area contributed by atoms with Gasteiger partial charge in [-0.05, 0) is 61.6 Å². The van der Waals surface area contributed by atoms with Gasteiger partial charge in [-0.2, -0.15) is 25.8 Å². The van der Waals surface area contributed by atoms with E-state index >= 15 is 0 Å². The number of rotatable bonds is 2. The van der Waals surface area contributed by atoms with E-state index in [1.165, 1.54) is 6.07 Å². The third-order valence-electron chi connectivity index (χ3n) is 4.03. The van der Waals surface area contributed by atoms with Crippen molar-refractivity contribution in [3.05, 3.63) is 46.8 Å². The lowest BCUT2D eigenvalue weighted by molar-refractivity contribution is -0.140. The number of anilines is 1. The lowest BCUT2D eigenvalue weighted by Gasteiger charge is -2.21. The molecule has 1 aromatic heterocycles. The molecule has 8 heteroatoms. The van der Waals surface area contributed by atoms with E-state index in [1.54, 1.807) is 18.4 Å². The minimum absolute atomic E-state index is 0.275. The van der Waals surface area contributed by atoms with E-state index in [1.807, 2.05) is 13.8 Å². The highest BCUT2D eigenvalue weighted by atomic mass is 35.5. The van der Waals surface area contributed by atoms with Crippen molar-refractivity contribution in [2.45, 2.75) is 46.2 Å². The molecule has 1 heterocycles. The molecule has 0 bridgehead atoms. The summed E-state index contributed by atoms with van der Waals surface area (Å²) in [6.07, 6.45) is 2.04. The maximum atomic E-state index is 13.1. The maximum absolute atomic E-state index is 13.1. The minimum atomic E-state index is -4.49. The van der Waals surface area contributed by atoms with Crippen LogP contribution in [0.1, 0.15) is 45.7 Å². The van der Waals surface area contributed by atoms with Gasteiger partial charge in [-0.1, -0.05) is 50.7 Å². The topological polar surface area (TPSA) is 24.9 Å². The van der Waals surface area contributed by atoms with Crippen molar-refractivity contribution in [1.82, 2.24) is 4.98 Å². The molecular weight excluding hydrogens is 437 g/mol. The molecule has 0 saturated carbocycles. The fourth-order valence-electron chi connectivity index (χ4n) is 2.70. The lowest BCUT2D eigenvalue weighted by Crippen LogP contribution is -2.12. The smallest absolute Gasteiger partial charge is 0.359 e. The molecule has 29 heavy (non-hydrogen) atoms. The summed E-state index contributed by atoms with van der Waals surface area (Å²) in [7, 11) is 0. The number of thiocarbonyl (C=S) groups is 1. The Labute approximate surface area is 187 Å². The normalized spacial score (nSPS) is 15.5. The number of hydrogen-bond acceptors (Lipinski definition) is 4. The first kappa shape index (κ1) is 27.7. The Bertz CT molecular complexity index is 795. The summed E-state index contributed by atoms with van der Waals surface area (Å²) >= 11 is 13.4. The summed E-state index contributed by atoms with van der Waals surface area (Å²) in [5.74, 6) is 3.44. The van der Waals surface area contributed by atoms with Gasteiger partial charge in [-0.25, -0.2) is 4.98 Å². The SMILES string of the molecule is C=S.CC.CC1CC=C(Nc2cc(C(F)(F)F)nc3ccc(Cl)cc23)CC1.CS. The molecule has 0 spiro atoms. The van der Waals surface area contributed by atoms with Crippen LogP contribution in [0.15, 0.2) is 36.0 Å². The predicted octanol–water partition coefficient (Wildman–Crippen LogP) is 8.21. The zero-order chi connectivity index (χ0) is 22.6. The molecule has 162 valence electrons. The number of benzene rings is 1.